The van der Waals surface area contributed by atoms with E-state index in [1.807, 2.05) is 26.0 Å². The van der Waals surface area contributed by atoms with Gasteiger partial charge in [-0.2, -0.15) is 5.10 Å². The highest BCUT2D eigenvalue weighted by Gasteiger charge is 2.14. The molecule has 1 aromatic heterocycles. The quantitative estimate of drug-likeness (QED) is 0.663. The Bertz CT molecular complexity index is 575. The van der Waals surface area contributed by atoms with E-state index < -0.39 is 5.97 Å². The molecule has 0 unspecified atom stereocenters. The lowest BCUT2D eigenvalue weighted by atomic mass is 10.2. The molecular formula is C13H15N3O2. The van der Waals surface area contributed by atoms with E-state index in [0.29, 0.717) is 18.1 Å². The molecule has 5 nitrogen and oxygen atoms in total. The summed E-state index contributed by atoms with van der Waals surface area (Å²) < 4.78 is 6.77. The van der Waals surface area contributed by atoms with E-state index in [1.165, 1.54) is 6.07 Å². The number of carbonyl (C=O) groups is 1. The van der Waals surface area contributed by atoms with Crippen LogP contribution in [0.15, 0.2) is 30.3 Å². The monoisotopic (exact) mass is 245 g/mol. The summed E-state index contributed by atoms with van der Waals surface area (Å²) in [6.45, 7) is 4.45. The summed E-state index contributed by atoms with van der Waals surface area (Å²) in [5.74, 6) is 0.456. The molecule has 0 aliphatic heterocycles. The second-order valence-electron chi connectivity index (χ2n) is 3.98. The van der Waals surface area contributed by atoms with Crippen LogP contribution in [0.5, 0.6) is 5.75 Å². The van der Waals surface area contributed by atoms with Gasteiger partial charge in [0.2, 0.25) is 0 Å². The van der Waals surface area contributed by atoms with Crippen molar-refractivity contribution in [2.24, 2.45) is 0 Å². The van der Waals surface area contributed by atoms with Crippen molar-refractivity contribution in [2.45, 2.75) is 20.4 Å². The van der Waals surface area contributed by atoms with Gasteiger partial charge in [-0.3, -0.25) is 0 Å². The van der Waals surface area contributed by atoms with E-state index in [2.05, 4.69) is 5.10 Å². The summed E-state index contributed by atoms with van der Waals surface area (Å²) >= 11 is 0. The molecule has 0 saturated carbocycles. The third kappa shape index (κ3) is 2.51. The average Bonchev–Trinajstić information content (AvgIpc) is 2.70. The Kier molecular flexibility index (Phi) is 3.32. The first-order valence-electron chi connectivity index (χ1n) is 5.72. The molecule has 2 rings (SSSR count). The van der Waals surface area contributed by atoms with Crippen molar-refractivity contribution < 1.29 is 9.53 Å². The Hall–Kier alpha value is -2.30. The number of hydrogen-bond acceptors (Lipinski definition) is 4. The molecule has 5 heteroatoms. The minimum atomic E-state index is -0.500. The van der Waals surface area contributed by atoms with Gasteiger partial charge >= 0.3 is 5.97 Å². The number of nitrogens with two attached hydrogens (primary N) is 1. The van der Waals surface area contributed by atoms with Gasteiger partial charge in [-0.15, -0.1) is 0 Å². The lowest BCUT2D eigenvalue weighted by Gasteiger charge is -2.02. The van der Waals surface area contributed by atoms with E-state index in [-0.39, 0.29) is 5.69 Å². The maximum atomic E-state index is 11.9. The molecule has 2 aromatic rings. The molecule has 94 valence electrons. The summed E-state index contributed by atoms with van der Waals surface area (Å²) in [5.41, 5.74) is 6.95. The lowest BCUT2D eigenvalue weighted by molar-refractivity contribution is 0.0727. The predicted molar refractivity (Wildman–Crippen MR) is 68.5 cm³/mol. The number of hydrogen-bond donors (Lipinski definition) is 1. The molecule has 1 heterocycles. The molecule has 0 spiro atoms. The molecule has 0 atom stereocenters. The number of aromatic nitrogens is 2. The Labute approximate surface area is 105 Å². The van der Waals surface area contributed by atoms with Gasteiger partial charge < -0.3 is 10.5 Å². The number of ether oxygens (including phenoxy) is 1. The highest BCUT2D eigenvalue weighted by Crippen LogP contribution is 2.15. The smallest absolute Gasteiger partial charge is 0.364 e. The molecule has 0 saturated heterocycles. The summed E-state index contributed by atoms with van der Waals surface area (Å²) in [5, 5.41) is 4.06. The Morgan fingerprint density at radius 1 is 1.44 bits per heavy atom. The van der Waals surface area contributed by atoms with Crippen LogP contribution < -0.4 is 10.5 Å². The van der Waals surface area contributed by atoms with E-state index >= 15 is 0 Å². The number of benzene rings is 1. The molecule has 2 N–H and O–H groups in total. The largest absolute Gasteiger partial charge is 0.422 e. The number of anilines is 1. The van der Waals surface area contributed by atoms with Gasteiger partial charge in [0.15, 0.2) is 5.69 Å². The first-order chi connectivity index (χ1) is 8.60. The van der Waals surface area contributed by atoms with Crippen molar-refractivity contribution >= 4 is 11.8 Å². The van der Waals surface area contributed by atoms with Crippen LogP contribution in [0.1, 0.15) is 23.0 Å². The SMILES string of the molecule is CCn1nc(C(=O)Oc2cccc(C)c2)cc1N. The highest BCUT2D eigenvalue weighted by molar-refractivity contribution is 5.89. The minimum absolute atomic E-state index is 0.218. The number of carbonyl (C=O) groups excluding carboxylic acids is 1. The van der Waals surface area contributed by atoms with Crippen LogP contribution in [0.4, 0.5) is 5.82 Å². The maximum absolute atomic E-state index is 11.9. The first kappa shape index (κ1) is 12.2. The summed E-state index contributed by atoms with van der Waals surface area (Å²) in [6.07, 6.45) is 0. The third-order valence-electron chi connectivity index (χ3n) is 2.52. The van der Waals surface area contributed by atoms with E-state index in [4.69, 9.17) is 10.5 Å². The Morgan fingerprint density at radius 2 is 2.22 bits per heavy atom. The number of rotatable bonds is 3. The predicted octanol–water partition coefficient (Wildman–Crippen LogP) is 2.01. The van der Waals surface area contributed by atoms with Gasteiger partial charge in [-0.1, -0.05) is 12.1 Å². The van der Waals surface area contributed by atoms with Gasteiger partial charge in [0.1, 0.15) is 11.6 Å². The molecule has 0 aliphatic carbocycles. The molecule has 0 bridgehead atoms. The van der Waals surface area contributed by atoms with Crippen molar-refractivity contribution in [3.8, 4) is 5.75 Å². The number of nitrogen functional groups attached to an aromatic ring is 1. The molecule has 0 radical (unpaired) electrons. The fourth-order valence-electron chi connectivity index (χ4n) is 1.62. The fraction of sp³-hybridized carbons (Fsp3) is 0.231. The second kappa shape index (κ2) is 4.91. The van der Waals surface area contributed by atoms with Crippen molar-refractivity contribution in [1.29, 1.82) is 0 Å². The normalized spacial score (nSPS) is 10.3. The van der Waals surface area contributed by atoms with Gasteiger partial charge in [0.25, 0.3) is 0 Å². The van der Waals surface area contributed by atoms with Crippen molar-refractivity contribution in [2.75, 3.05) is 5.73 Å². The van der Waals surface area contributed by atoms with Crippen LogP contribution in [0, 0.1) is 6.92 Å². The zero-order valence-corrected chi connectivity index (χ0v) is 10.4. The van der Waals surface area contributed by atoms with Gasteiger partial charge in [0.05, 0.1) is 0 Å². The second-order valence-corrected chi connectivity index (χ2v) is 3.98. The number of aryl methyl sites for hydroxylation is 2. The molecule has 0 amide bonds. The van der Waals surface area contributed by atoms with Gasteiger partial charge in [0, 0.05) is 12.6 Å². The Morgan fingerprint density at radius 3 is 2.83 bits per heavy atom. The van der Waals surface area contributed by atoms with Crippen LogP contribution in [0.3, 0.4) is 0 Å². The van der Waals surface area contributed by atoms with E-state index in [0.717, 1.165) is 5.56 Å². The topological polar surface area (TPSA) is 70.1 Å². The van der Waals surface area contributed by atoms with Crippen molar-refractivity contribution in [3.63, 3.8) is 0 Å². The molecular weight excluding hydrogens is 230 g/mol. The molecule has 0 aliphatic rings. The van der Waals surface area contributed by atoms with Crippen LogP contribution in [0.2, 0.25) is 0 Å². The lowest BCUT2D eigenvalue weighted by Crippen LogP contribution is -2.10. The molecule has 18 heavy (non-hydrogen) atoms. The van der Waals surface area contributed by atoms with Crippen molar-refractivity contribution in [3.05, 3.63) is 41.6 Å². The summed E-state index contributed by atoms with van der Waals surface area (Å²) in [7, 11) is 0. The highest BCUT2D eigenvalue weighted by atomic mass is 16.5. The maximum Gasteiger partial charge on any atom is 0.364 e. The zero-order valence-electron chi connectivity index (χ0n) is 10.4. The summed E-state index contributed by atoms with van der Waals surface area (Å²) in [4.78, 5) is 11.9. The minimum Gasteiger partial charge on any atom is -0.422 e. The van der Waals surface area contributed by atoms with Gasteiger partial charge in [-0.25, -0.2) is 9.48 Å². The van der Waals surface area contributed by atoms with Crippen molar-refractivity contribution in [1.82, 2.24) is 9.78 Å². The third-order valence-corrected chi connectivity index (χ3v) is 2.52. The Balaban J connectivity index is 2.16. The van der Waals surface area contributed by atoms with Gasteiger partial charge in [-0.05, 0) is 31.5 Å². The van der Waals surface area contributed by atoms with Crippen LogP contribution in [-0.4, -0.2) is 15.7 Å². The zero-order chi connectivity index (χ0) is 13.1. The van der Waals surface area contributed by atoms with Crippen LogP contribution in [0.25, 0.3) is 0 Å². The van der Waals surface area contributed by atoms with Crippen LogP contribution in [-0.2, 0) is 6.54 Å². The van der Waals surface area contributed by atoms with E-state index in [9.17, 15) is 4.79 Å². The standard InChI is InChI=1S/C13H15N3O2/c1-3-16-12(14)8-11(15-16)13(17)18-10-6-4-5-9(2)7-10/h4-8H,3,14H2,1-2H3. The summed E-state index contributed by atoms with van der Waals surface area (Å²) in [6, 6.07) is 8.79. The van der Waals surface area contributed by atoms with E-state index in [1.54, 1.807) is 16.8 Å². The number of nitrogens with zero attached hydrogens (tertiary/aromatic N) is 2. The van der Waals surface area contributed by atoms with Crippen LogP contribution >= 0.6 is 0 Å². The molecule has 0 fully saturated rings. The number of esters is 1. The fourth-order valence-corrected chi connectivity index (χ4v) is 1.62. The average molecular weight is 245 g/mol. The molecule has 1 aromatic carbocycles. The first-order valence-corrected chi connectivity index (χ1v) is 5.72.